The highest BCUT2D eigenvalue weighted by atomic mass is 32.2. The minimum Gasteiger partial charge on any atom is -0.466 e. The Hall–Kier alpha value is -1.48. The standard InChI is InChI=1S/C19H29NO6S2/c1-12(18(24)25-3)9-10-15(22)20-11-7-6-8-14(17(20)23)16(26-13(2)21)19(27-4)28-5/h14,16,19H,1,6-11H2,2-5H3. The molecule has 1 saturated heterocycles. The van der Waals surface area contributed by atoms with Gasteiger partial charge in [0.05, 0.1) is 17.6 Å². The lowest BCUT2D eigenvalue weighted by Gasteiger charge is -2.32. The zero-order valence-corrected chi connectivity index (χ0v) is 18.5. The van der Waals surface area contributed by atoms with Gasteiger partial charge in [-0.25, -0.2) is 4.79 Å². The highest BCUT2D eigenvalue weighted by molar-refractivity contribution is 8.16. The van der Waals surface area contributed by atoms with Crippen LogP contribution in [0.15, 0.2) is 12.2 Å². The molecule has 1 rings (SSSR count). The van der Waals surface area contributed by atoms with Crippen molar-refractivity contribution >= 4 is 47.3 Å². The number of imide groups is 1. The van der Waals surface area contributed by atoms with E-state index in [1.54, 1.807) is 0 Å². The molecule has 1 fully saturated rings. The number of hydrogen-bond acceptors (Lipinski definition) is 8. The summed E-state index contributed by atoms with van der Waals surface area (Å²) in [4.78, 5) is 50.1. The van der Waals surface area contributed by atoms with E-state index in [-0.39, 0.29) is 34.8 Å². The normalized spacial score (nSPS) is 18.4. The number of carbonyl (C=O) groups is 4. The molecule has 0 aromatic rings. The van der Waals surface area contributed by atoms with Gasteiger partial charge >= 0.3 is 11.9 Å². The van der Waals surface area contributed by atoms with Crippen LogP contribution in [-0.4, -0.2) is 65.5 Å². The van der Waals surface area contributed by atoms with E-state index in [1.165, 1.54) is 42.5 Å². The fourth-order valence-electron chi connectivity index (χ4n) is 3.14. The maximum Gasteiger partial charge on any atom is 0.333 e. The van der Waals surface area contributed by atoms with Gasteiger partial charge in [0.1, 0.15) is 6.10 Å². The minimum atomic E-state index is -0.603. The molecule has 1 aliphatic heterocycles. The van der Waals surface area contributed by atoms with Gasteiger partial charge in [-0.1, -0.05) is 13.0 Å². The van der Waals surface area contributed by atoms with Crippen LogP contribution < -0.4 is 0 Å². The number of carbonyl (C=O) groups excluding carboxylic acids is 4. The van der Waals surface area contributed by atoms with Crippen molar-refractivity contribution in [3.05, 3.63) is 12.2 Å². The maximum absolute atomic E-state index is 13.2. The summed E-state index contributed by atoms with van der Waals surface area (Å²) in [5, 5.41) is 0. The summed E-state index contributed by atoms with van der Waals surface area (Å²) in [6, 6.07) is 0. The molecule has 2 amide bonds. The molecule has 0 aliphatic carbocycles. The molecule has 28 heavy (non-hydrogen) atoms. The van der Waals surface area contributed by atoms with Gasteiger partial charge in [-0.15, -0.1) is 23.5 Å². The first kappa shape index (κ1) is 24.6. The molecular formula is C19H29NO6S2. The fourth-order valence-corrected chi connectivity index (χ4v) is 4.94. The smallest absolute Gasteiger partial charge is 0.333 e. The molecule has 9 heteroatoms. The van der Waals surface area contributed by atoms with E-state index < -0.39 is 24.0 Å². The Morgan fingerprint density at radius 2 is 1.86 bits per heavy atom. The number of amides is 2. The number of methoxy groups -OCH3 is 1. The van der Waals surface area contributed by atoms with Crippen LogP contribution in [0.2, 0.25) is 0 Å². The lowest BCUT2D eigenvalue weighted by Crippen LogP contribution is -2.46. The first-order chi connectivity index (χ1) is 13.3. The summed E-state index contributed by atoms with van der Waals surface area (Å²) >= 11 is 3.04. The summed E-state index contributed by atoms with van der Waals surface area (Å²) in [6.45, 7) is 5.26. The lowest BCUT2D eigenvalue weighted by molar-refractivity contribution is -0.155. The van der Waals surface area contributed by atoms with E-state index in [2.05, 4.69) is 11.3 Å². The predicted molar refractivity (Wildman–Crippen MR) is 111 cm³/mol. The summed E-state index contributed by atoms with van der Waals surface area (Å²) in [5.74, 6) is -2.24. The minimum absolute atomic E-state index is 0.000883. The molecule has 2 unspecified atom stereocenters. The summed E-state index contributed by atoms with van der Waals surface area (Å²) in [7, 11) is 1.25. The van der Waals surface area contributed by atoms with E-state index in [0.29, 0.717) is 19.4 Å². The molecule has 1 aliphatic rings. The van der Waals surface area contributed by atoms with Crippen molar-refractivity contribution in [2.45, 2.75) is 49.7 Å². The van der Waals surface area contributed by atoms with Crippen LogP contribution in [0, 0.1) is 5.92 Å². The topological polar surface area (TPSA) is 90.0 Å². The molecule has 2 atom stereocenters. The van der Waals surface area contributed by atoms with Gasteiger partial charge in [0, 0.05) is 25.5 Å². The van der Waals surface area contributed by atoms with Crippen LogP contribution in [0.1, 0.15) is 39.0 Å². The molecule has 0 radical (unpaired) electrons. The molecule has 158 valence electrons. The van der Waals surface area contributed by atoms with Gasteiger partial charge in [0.2, 0.25) is 11.8 Å². The summed E-state index contributed by atoms with van der Waals surface area (Å²) in [6.07, 6.45) is 5.36. The monoisotopic (exact) mass is 431 g/mol. The third kappa shape index (κ3) is 6.84. The Balaban J connectivity index is 2.95. The summed E-state index contributed by atoms with van der Waals surface area (Å²) < 4.78 is 10.00. The van der Waals surface area contributed by atoms with Crippen molar-refractivity contribution in [1.82, 2.24) is 4.90 Å². The number of ether oxygens (including phenoxy) is 2. The molecule has 0 aromatic carbocycles. The van der Waals surface area contributed by atoms with E-state index in [1.807, 2.05) is 12.5 Å². The molecule has 0 spiro atoms. The van der Waals surface area contributed by atoms with Gasteiger partial charge in [0.15, 0.2) is 0 Å². The SMILES string of the molecule is C=C(CCC(=O)N1CCCCC(C(OC(C)=O)C(SC)SC)C1=O)C(=O)OC. The van der Waals surface area contributed by atoms with Crippen LogP contribution in [0.5, 0.6) is 0 Å². The van der Waals surface area contributed by atoms with E-state index in [0.717, 1.165) is 6.42 Å². The number of esters is 2. The second kappa shape index (κ2) is 12.2. The first-order valence-corrected chi connectivity index (χ1v) is 11.7. The Morgan fingerprint density at radius 1 is 1.21 bits per heavy atom. The fraction of sp³-hybridized carbons (Fsp3) is 0.684. The molecule has 0 saturated carbocycles. The molecule has 0 bridgehead atoms. The molecular weight excluding hydrogens is 402 g/mol. The molecule has 0 N–H and O–H groups in total. The van der Waals surface area contributed by atoms with Gasteiger partial charge in [-0.3, -0.25) is 19.3 Å². The third-order valence-corrected chi connectivity index (χ3v) is 7.20. The van der Waals surface area contributed by atoms with Crippen LogP contribution in [0.3, 0.4) is 0 Å². The largest absolute Gasteiger partial charge is 0.466 e. The molecule has 1 heterocycles. The van der Waals surface area contributed by atoms with Crippen LogP contribution >= 0.6 is 23.5 Å². The summed E-state index contributed by atoms with van der Waals surface area (Å²) in [5.41, 5.74) is 0.192. The second-order valence-electron chi connectivity index (χ2n) is 6.49. The molecule has 0 aromatic heterocycles. The van der Waals surface area contributed by atoms with Crippen LogP contribution in [0.4, 0.5) is 0 Å². The lowest BCUT2D eigenvalue weighted by atomic mass is 9.96. The quantitative estimate of drug-likeness (QED) is 0.313. The predicted octanol–water partition coefficient (Wildman–Crippen LogP) is 2.63. The van der Waals surface area contributed by atoms with Crippen molar-refractivity contribution in [3.8, 4) is 0 Å². The van der Waals surface area contributed by atoms with Gasteiger partial charge in [-0.05, 0) is 31.8 Å². The second-order valence-corrected chi connectivity index (χ2v) is 8.75. The van der Waals surface area contributed by atoms with Gasteiger partial charge < -0.3 is 9.47 Å². The van der Waals surface area contributed by atoms with Crippen molar-refractivity contribution in [2.75, 3.05) is 26.2 Å². The highest BCUT2D eigenvalue weighted by Gasteiger charge is 2.41. The van der Waals surface area contributed by atoms with E-state index >= 15 is 0 Å². The zero-order chi connectivity index (χ0) is 21.3. The molecule has 7 nitrogen and oxygen atoms in total. The average molecular weight is 432 g/mol. The van der Waals surface area contributed by atoms with E-state index in [4.69, 9.17) is 4.74 Å². The third-order valence-electron chi connectivity index (χ3n) is 4.58. The van der Waals surface area contributed by atoms with Crippen LogP contribution in [0.25, 0.3) is 0 Å². The zero-order valence-electron chi connectivity index (χ0n) is 16.9. The Kier molecular flexibility index (Phi) is 10.7. The maximum atomic E-state index is 13.2. The highest BCUT2D eigenvalue weighted by Crippen LogP contribution is 2.34. The Bertz CT molecular complexity index is 605. The first-order valence-electron chi connectivity index (χ1n) is 9.09. The Morgan fingerprint density at radius 3 is 2.39 bits per heavy atom. The van der Waals surface area contributed by atoms with Crippen LogP contribution in [-0.2, 0) is 28.7 Å². The van der Waals surface area contributed by atoms with Crippen molar-refractivity contribution in [1.29, 1.82) is 0 Å². The number of likely N-dealkylation sites (tertiary alicyclic amines) is 1. The number of rotatable bonds is 9. The van der Waals surface area contributed by atoms with Crippen molar-refractivity contribution < 1.29 is 28.7 Å². The van der Waals surface area contributed by atoms with Gasteiger partial charge in [-0.2, -0.15) is 0 Å². The Labute approximate surface area is 174 Å². The van der Waals surface area contributed by atoms with Gasteiger partial charge in [0.25, 0.3) is 0 Å². The number of thioether (sulfide) groups is 2. The average Bonchev–Trinajstić information content (AvgIpc) is 2.86. The number of nitrogens with zero attached hydrogens (tertiary/aromatic N) is 1. The van der Waals surface area contributed by atoms with Crippen molar-refractivity contribution in [2.24, 2.45) is 5.92 Å². The number of hydrogen-bond donors (Lipinski definition) is 0. The van der Waals surface area contributed by atoms with E-state index in [9.17, 15) is 19.2 Å². The van der Waals surface area contributed by atoms with Crippen molar-refractivity contribution in [3.63, 3.8) is 0 Å².